The molecular weight excluding hydrogens is 398 g/mol. The number of piperazine rings is 2. The van der Waals surface area contributed by atoms with Crippen molar-refractivity contribution in [2.24, 2.45) is 4.99 Å². The third kappa shape index (κ3) is 6.13. The SMILES string of the molecule is CN=C(NCCCCN1CCN(c2ccccc2)CC1)N1CCN(c2ccccn2)CC1. The summed E-state index contributed by atoms with van der Waals surface area (Å²) in [5.74, 6) is 2.10. The van der Waals surface area contributed by atoms with Crippen LogP contribution in [0.1, 0.15) is 12.8 Å². The van der Waals surface area contributed by atoms with Gasteiger partial charge in [-0.15, -0.1) is 0 Å². The lowest BCUT2D eigenvalue weighted by Gasteiger charge is -2.37. The molecule has 0 spiro atoms. The molecule has 3 heterocycles. The Morgan fingerprint density at radius 1 is 0.844 bits per heavy atom. The predicted molar refractivity (Wildman–Crippen MR) is 134 cm³/mol. The van der Waals surface area contributed by atoms with Gasteiger partial charge in [0.25, 0.3) is 0 Å². The number of nitrogens with zero attached hydrogens (tertiary/aromatic N) is 6. The second-order valence-electron chi connectivity index (χ2n) is 8.51. The fourth-order valence-corrected chi connectivity index (χ4v) is 4.55. The average Bonchev–Trinajstić information content (AvgIpc) is 2.88. The first-order valence-corrected chi connectivity index (χ1v) is 12.0. The second kappa shape index (κ2) is 11.7. The number of hydrogen-bond acceptors (Lipinski definition) is 5. The summed E-state index contributed by atoms with van der Waals surface area (Å²) < 4.78 is 0. The molecule has 1 aromatic carbocycles. The van der Waals surface area contributed by atoms with Crippen LogP contribution in [0.5, 0.6) is 0 Å². The lowest BCUT2D eigenvalue weighted by atomic mass is 10.2. The minimum Gasteiger partial charge on any atom is -0.369 e. The second-order valence-corrected chi connectivity index (χ2v) is 8.51. The van der Waals surface area contributed by atoms with Crippen LogP contribution >= 0.6 is 0 Å². The summed E-state index contributed by atoms with van der Waals surface area (Å²) in [6.45, 7) is 10.6. The van der Waals surface area contributed by atoms with Gasteiger partial charge in [-0.25, -0.2) is 4.98 Å². The Morgan fingerprint density at radius 3 is 2.25 bits per heavy atom. The normalized spacial score (nSPS) is 18.2. The van der Waals surface area contributed by atoms with Gasteiger partial charge >= 0.3 is 0 Å². The highest BCUT2D eigenvalue weighted by Gasteiger charge is 2.20. The van der Waals surface area contributed by atoms with E-state index in [9.17, 15) is 0 Å². The smallest absolute Gasteiger partial charge is 0.193 e. The van der Waals surface area contributed by atoms with Gasteiger partial charge in [-0.05, 0) is 43.7 Å². The number of aromatic nitrogens is 1. The van der Waals surface area contributed by atoms with Crippen molar-refractivity contribution in [2.45, 2.75) is 12.8 Å². The summed E-state index contributed by atoms with van der Waals surface area (Å²) in [5.41, 5.74) is 1.35. The Balaban J connectivity index is 1.09. The molecule has 1 N–H and O–H groups in total. The molecule has 0 unspecified atom stereocenters. The number of anilines is 2. The van der Waals surface area contributed by atoms with E-state index in [2.05, 4.69) is 77.4 Å². The summed E-state index contributed by atoms with van der Waals surface area (Å²) in [5, 5.41) is 3.58. The van der Waals surface area contributed by atoms with Gasteiger partial charge in [0, 0.05) is 77.8 Å². The largest absolute Gasteiger partial charge is 0.369 e. The molecule has 0 bridgehead atoms. The molecule has 172 valence electrons. The van der Waals surface area contributed by atoms with Gasteiger partial charge in [-0.1, -0.05) is 24.3 Å². The lowest BCUT2D eigenvalue weighted by molar-refractivity contribution is 0.253. The van der Waals surface area contributed by atoms with Crippen LogP contribution in [0, 0.1) is 0 Å². The molecule has 0 amide bonds. The molecule has 0 atom stereocenters. The van der Waals surface area contributed by atoms with E-state index in [1.165, 1.54) is 25.1 Å². The molecule has 7 heteroatoms. The summed E-state index contributed by atoms with van der Waals surface area (Å²) in [7, 11) is 1.89. The minimum atomic E-state index is 0.974. The number of para-hydroxylation sites is 1. The summed E-state index contributed by atoms with van der Waals surface area (Å²) in [4.78, 5) is 18.8. The van der Waals surface area contributed by atoms with E-state index in [0.717, 1.165) is 70.7 Å². The monoisotopic (exact) mass is 435 g/mol. The van der Waals surface area contributed by atoms with Crippen molar-refractivity contribution in [3.8, 4) is 0 Å². The van der Waals surface area contributed by atoms with Gasteiger partial charge < -0.3 is 20.0 Å². The Hall–Kier alpha value is -2.80. The first-order valence-electron chi connectivity index (χ1n) is 12.0. The van der Waals surface area contributed by atoms with Gasteiger partial charge in [-0.3, -0.25) is 9.89 Å². The Bertz CT molecular complexity index is 811. The topological polar surface area (TPSA) is 50.2 Å². The van der Waals surface area contributed by atoms with Crippen LogP contribution < -0.4 is 15.1 Å². The van der Waals surface area contributed by atoms with Crippen LogP contribution in [0.4, 0.5) is 11.5 Å². The van der Waals surface area contributed by atoms with Crippen LogP contribution in [0.15, 0.2) is 59.7 Å². The molecule has 4 rings (SSSR count). The number of guanidine groups is 1. The van der Waals surface area contributed by atoms with E-state index in [1.807, 2.05) is 19.3 Å². The number of nitrogens with one attached hydrogen (secondary N) is 1. The third-order valence-corrected chi connectivity index (χ3v) is 6.44. The number of pyridine rings is 1. The summed E-state index contributed by atoms with van der Waals surface area (Å²) >= 11 is 0. The zero-order valence-corrected chi connectivity index (χ0v) is 19.4. The summed E-state index contributed by atoms with van der Waals surface area (Å²) in [6, 6.07) is 16.9. The maximum atomic E-state index is 4.52. The zero-order chi connectivity index (χ0) is 22.0. The number of hydrogen-bond donors (Lipinski definition) is 1. The van der Waals surface area contributed by atoms with Crippen LogP contribution in [0.3, 0.4) is 0 Å². The van der Waals surface area contributed by atoms with Crippen LogP contribution in [-0.4, -0.2) is 93.2 Å². The van der Waals surface area contributed by atoms with Crippen molar-refractivity contribution in [2.75, 3.05) is 82.3 Å². The van der Waals surface area contributed by atoms with E-state index in [0.29, 0.717) is 0 Å². The minimum absolute atomic E-state index is 0.974. The molecule has 0 radical (unpaired) electrons. The van der Waals surface area contributed by atoms with Gasteiger partial charge in [0.1, 0.15) is 5.82 Å². The van der Waals surface area contributed by atoms with E-state index < -0.39 is 0 Å². The molecule has 2 saturated heterocycles. The maximum absolute atomic E-state index is 4.52. The van der Waals surface area contributed by atoms with E-state index in [1.54, 1.807) is 0 Å². The van der Waals surface area contributed by atoms with Gasteiger partial charge in [0.05, 0.1) is 0 Å². The molecule has 2 aliphatic heterocycles. The average molecular weight is 436 g/mol. The van der Waals surface area contributed by atoms with E-state index in [-0.39, 0.29) is 0 Å². The lowest BCUT2D eigenvalue weighted by Crippen LogP contribution is -2.52. The van der Waals surface area contributed by atoms with Crippen LogP contribution in [-0.2, 0) is 0 Å². The van der Waals surface area contributed by atoms with Crippen LogP contribution in [0.2, 0.25) is 0 Å². The highest BCUT2D eigenvalue weighted by molar-refractivity contribution is 5.80. The molecule has 2 fully saturated rings. The number of rotatable bonds is 7. The number of unbranched alkanes of at least 4 members (excludes halogenated alkanes) is 1. The zero-order valence-electron chi connectivity index (χ0n) is 19.4. The van der Waals surface area contributed by atoms with Crippen LogP contribution in [0.25, 0.3) is 0 Å². The van der Waals surface area contributed by atoms with Gasteiger partial charge in [-0.2, -0.15) is 0 Å². The number of benzene rings is 1. The molecule has 2 aromatic rings. The molecule has 0 aliphatic carbocycles. The van der Waals surface area contributed by atoms with Crippen molar-refractivity contribution in [1.82, 2.24) is 20.1 Å². The van der Waals surface area contributed by atoms with Crippen molar-refractivity contribution in [1.29, 1.82) is 0 Å². The first-order chi connectivity index (χ1) is 15.8. The van der Waals surface area contributed by atoms with Crippen molar-refractivity contribution in [3.05, 3.63) is 54.7 Å². The Morgan fingerprint density at radius 2 is 1.56 bits per heavy atom. The van der Waals surface area contributed by atoms with E-state index in [4.69, 9.17) is 0 Å². The van der Waals surface area contributed by atoms with Gasteiger partial charge in [0.2, 0.25) is 0 Å². The first kappa shape index (κ1) is 22.4. The number of aliphatic imine (C=N–C) groups is 1. The molecule has 7 nitrogen and oxygen atoms in total. The standard InChI is InChI=1S/C25H37N7/c1-26-25(32-21-19-31(20-22-32)24-11-5-6-12-27-24)28-13-7-8-14-29-15-17-30(18-16-29)23-9-3-2-4-10-23/h2-6,9-12H,7-8,13-22H2,1H3,(H,26,28). The third-order valence-electron chi connectivity index (χ3n) is 6.44. The quantitative estimate of drug-likeness (QED) is 0.409. The van der Waals surface area contributed by atoms with Crippen molar-refractivity contribution < 1.29 is 0 Å². The van der Waals surface area contributed by atoms with Crippen molar-refractivity contribution in [3.63, 3.8) is 0 Å². The highest BCUT2D eigenvalue weighted by atomic mass is 15.4. The summed E-state index contributed by atoms with van der Waals surface area (Å²) in [6.07, 6.45) is 4.26. The predicted octanol–water partition coefficient (Wildman–Crippen LogP) is 2.38. The van der Waals surface area contributed by atoms with Crippen molar-refractivity contribution >= 4 is 17.5 Å². The Labute approximate surface area is 192 Å². The molecule has 2 aliphatic rings. The molecule has 0 saturated carbocycles. The molecule has 1 aromatic heterocycles. The van der Waals surface area contributed by atoms with E-state index >= 15 is 0 Å². The van der Waals surface area contributed by atoms with Gasteiger partial charge in [0.15, 0.2) is 5.96 Å². The fraction of sp³-hybridized carbons (Fsp3) is 0.520. The highest BCUT2D eigenvalue weighted by Crippen LogP contribution is 2.16. The maximum Gasteiger partial charge on any atom is 0.193 e. The molecule has 32 heavy (non-hydrogen) atoms. The Kier molecular flexibility index (Phi) is 8.20. The fourth-order valence-electron chi connectivity index (χ4n) is 4.55. The molecular formula is C25H37N7.